The molecule has 2 N–H and O–H groups in total. The van der Waals surface area contributed by atoms with Crippen molar-refractivity contribution >= 4 is 5.82 Å². The van der Waals surface area contributed by atoms with Crippen LogP contribution >= 0.6 is 0 Å². The molecule has 0 aliphatic carbocycles. The number of hydrogen-bond donors (Lipinski definition) is 1. The molecule has 0 fully saturated rings. The molecule has 1 aromatic carbocycles. The topological polar surface area (TPSA) is 55.0 Å². The van der Waals surface area contributed by atoms with Crippen molar-refractivity contribution in [3.8, 4) is 11.3 Å². The minimum atomic E-state index is 0.556. The first-order valence-electron chi connectivity index (χ1n) is 5.91. The van der Waals surface area contributed by atoms with E-state index in [1.807, 2.05) is 56.3 Å². The minimum Gasteiger partial charge on any atom is -0.383 e. The van der Waals surface area contributed by atoms with Crippen molar-refractivity contribution in [2.75, 3.05) is 19.8 Å². The predicted octanol–water partition coefficient (Wildman–Crippen LogP) is 2.10. The Kier molecular flexibility index (Phi) is 3.58. The van der Waals surface area contributed by atoms with Crippen molar-refractivity contribution in [2.24, 2.45) is 0 Å². The molecule has 1 aromatic heterocycles. The van der Waals surface area contributed by atoms with Gasteiger partial charge in [0.15, 0.2) is 0 Å². The van der Waals surface area contributed by atoms with Gasteiger partial charge in [-0.05, 0) is 21.0 Å². The van der Waals surface area contributed by atoms with E-state index in [1.165, 1.54) is 0 Å². The Balaban J connectivity index is 2.49. The summed E-state index contributed by atoms with van der Waals surface area (Å²) in [7, 11) is 3.98. The van der Waals surface area contributed by atoms with Crippen LogP contribution in [0.3, 0.4) is 0 Å². The molecule has 0 aliphatic heterocycles. The third kappa shape index (κ3) is 2.65. The smallest absolute Gasteiger partial charge is 0.145 e. The first-order valence-corrected chi connectivity index (χ1v) is 5.91. The molecule has 0 saturated carbocycles. The van der Waals surface area contributed by atoms with Crippen molar-refractivity contribution in [3.05, 3.63) is 41.7 Å². The molecule has 0 spiro atoms. The Bertz CT molecular complexity index is 535. The van der Waals surface area contributed by atoms with E-state index < -0.39 is 0 Å². The average Bonchev–Trinajstić information content (AvgIpc) is 2.34. The first kappa shape index (κ1) is 12.5. The number of anilines is 1. The maximum Gasteiger partial charge on any atom is 0.145 e. The summed E-state index contributed by atoms with van der Waals surface area (Å²) in [5, 5.41) is 0. The molecule has 94 valence electrons. The van der Waals surface area contributed by atoms with Gasteiger partial charge in [0.05, 0.1) is 12.2 Å². The lowest BCUT2D eigenvalue weighted by Crippen LogP contribution is -2.15. The Hall–Kier alpha value is -1.94. The summed E-state index contributed by atoms with van der Waals surface area (Å²) < 4.78 is 0. The van der Waals surface area contributed by atoms with E-state index in [0.29, 0.717) is 12.4 Å². The van der Waals surface area contributed by atoms with E-state index in [9.17, 15) is 0 Å². The Morgan fingerprint density at radius 3 is 2.39 bits per heavy atom. The summed E-state index contributed by atoms with van der Waals surface area (Å²) in [5.74, 6) is 1.31. The third-order valence-electron chi connectivity index (χ3n) is 2.73. The molecule has 0 saturated heterocycles. The summed E-state index contributed by atoms with van der Waals surface area (Å²) in [6.07, 6.45) is 0. The normalized spacial score (nSPS) is 10.9. The van der Waals surface area contributed by atoms with Crippen molar-refractivity contribution in [1.82, 2.24) is 14.9 Å². The third-order valence-corrected chi connectivity index (χ3v) is 2.73. The maximum atomic E-state index is 5.96. The summed E-state index contributed by atoms with van der Waals surface area (Å²) in [4.78, 5) is 11.0. The second-order valence-corrected chi connectivity index (χ2v) is 4.60. The highest BCUT2D eigenvalue weighted by molar-refractivity contribution is 5.67. The van der Waals surface area contributed by atoms with E-state index in [2.05, 4.69) is 9.97 Å². The highest BCUT2D eigenvalue weighted by Gasteiger charge is 2.10. The van der Waals surface area contributed by atoms with Crippen molar-refractivity contribution < 1.29 is 0 Å². The molecular weight excluding hydrogens is 224 g/mol. The van der Waals surface area contributed by atoms with Crippen LogP contribution in [0.5, 0.6) is 0 Å². The van der Waals surface area contributed by atoms with Crippen molar-refractivity contribution in [1.29, 1.82) is 0 Å². The van der Waals surface area contributed by atoms with Crippen LogP contribution in [0, 0.1) is 6.92 Å². The Labute approximate surface area is 107 Å². The Morgan fingerprint density at radius 1 is 1.11 bits per heavy atom. The second kappa shape index (κ2) is 5.14. The molecule has 0 atom stereocenters. The van der Waals surface area contributed by atoms with Crippen LogP contribution in [0.25, 0.3) is 11.3 Å². The summed E-state index contributed by atoms with van der Waals surface area (Å²) >= 11 is 0. The molecule has 4 nitrogen and oxygen atoms in total. The largest absolute Gasteiger partial charge is 0.383 e. The zero-order chi connectivity index (χ0) is 13.1. The molecule has 4 heteroatoms. The number of aromatic nitrogens is 2. The van der Waals surface area contributed by atoms with E-state index in [-0.39, 0.29) is 0 Å². The number of hydrogen-bond acceptors (Lipinski definition) is 4. The molecule has 0 unspecified atom stereocenters. The van der Waals surface area contributed by atoms with E-state index >= 15 is 0 Å². The standard InChI is InChI=1S/C14H18N4/c1-10-13(11-7-5-4-6-8-11)16-12(9-18(2)3)17-14(10)15/h4-8H,9H2,1-3H3,(H2,15,16,17). The van der Waals surface area contributed by atoms with Gasteiger partial charge in [-0.1, -0.05) is 30.3 Å². The molecule has 18 heavy (non-hydrogen) atoms. The second-order valence-electron chi connectivity index (χ2n) is 4.60. The predicted molar refractivity (Wildman–Crippen MR) is 74.0 cm³/mol. The lowest BCUT2D eigenvalue weighted by molar-refractivity contribution is 0.390. The fourth-order valence-corrected chi connectivity index (χ4v) is 1.81. The van der Waals surface area contributed by atoms with Gasteiger partial charge in [-0.3, -0.25) is 0 Å². The van der Waals surface area contributed by atoms with Crippen molar-refractivity contribution in [3.63, 3.8) is 0 Å². The lowest BCUT2D eigenvalue weighted by atomic mass is 10.1. The van der Waals surface area contributed by atoms with Crippen LogP contribution in [-0.4, -0.2) is 29.0 Å². The van der Waals surface area contributed by atoms with Gasteiger partial charge in [-0.15, -0.1) is 0 Å². The number of rotatable bonds is 3. The van der Waals surface area contributed by atoms with Gasteiger partial charge in [0.2, 0.25) is 0 Å². The number of benzene rings is 1. The van der Waals surface area contributed by atoms with Gasteiger partial charge >= 0.3 is 0 Å². The van der Waals surface area contributed by atoms with Crippen LogP contribution in [-0.2, 0) is 6.54 Å². The number of nitrogens with zero attached hydrogens (tertiary/aromatic N) is 3. The summed E-state index contributed by atoms with van der Waals surface area (Å²) in [6, 6.07) is 10.1. The van der Waals surface area contributed by atoms with Gasteiger partial charge in [0.25, 0.3) is 0 Å². The molecular formula is C14H18N4. The van der Waals surface area contributed by atoms with Crippen LogP contribution in [0.15, 0.2) is 30.3 Å². The van der Waals surface area contributed by atoms with Gasteiger partial charge in [-0.25, -0.2) is 9.97 Å². The van der Waals surface area contributed by atoms with Crippen LogP contribution in [0.4, 0.5) is 5.82 Å². The number of nitrogen functional groups attached to an aromatic ring is 1. The molecule has 0 amide bonds. The highest BCUT2D eigenvalue weighted by Crippen LogP contribution is 2.24. The highest BCUT2D eigenvalue weighted by atomic mass is 15.1. The van der Waals surface area contributed by atoms with E-state index in [1.54, 1.807) is 0 Å². The molecule has 0 radical (unpaired) electrons. The molecule has 0 aliphatic rings. The van der Waals surface area contributed by atoms with E-state index in [4.69, 9.17) is 5.73 Å². The fraction of sp³-hybridized carbons (Fsp3) is 0.286. The molecule has 2 rings (SSSR count). The minimum absolute atomic E-state index is 0.556. The lowest BCUT2D eigenvalue weighted by Gasteiger charge is -2.13. The number of nitrogens with two attached hydrogens (primary N) is 1. The van der Waals surface area contributed by atoms with E-state index in [0.717, 1.165) is 22.6 Å². The molecule has 0 bridgehead atoms. The molecule has 2 aromatic rings. The van der Waals surface area contributed by atoms with Gasteiger partial charge < -0.3 is 10.6 Å². The zero-order valence-corrected chi connectivity index (χ0v) is 11.0. The SMILES string of the molecule is Cc1c(N)nc(CN(C)C)nc1-c1ccccc1. The Morgan fingerprint density at radius 2 is 1.78 bits per heavy atom. The summed E-state index contributed by atoms with van der Waals surface area (Å²) in [6.45, 7) is 2.64. The monoisotopic (exact) mass is 242 g/mol. The van der Waals surface area contributed by atoms with Crippen LogP contribution < -0.4 is 5.73 Å². The van der Waals surface area contributed by atoms with Crippen LogP contribution in [0.2, 0.25) is 0 Å². The molecule has 1 heterocycles. The quantitative estimate of drug-likeness (QED) is 0.895. The maximum absolute atomic E-state index is 5.96. The first-order chi connectivity index (χ1) is 8.58. The van der Waals surface area contributed by atoms with Gasteiger partial charge in [0.1, 0.15) is 11.6 Å². The van der Waals surface area contributed by atoms with Gasteiger partial charge in [0, 0.05) is 11.1 Å². The summed E-state index contributed by atoms with van der Waals surface area (Å²) in [5.41, 5.74) is 8.89. The van der Waals surface area contributed by atoms with Crippen LogP contribution in [0.1, 0.15) is 11.4 Å². The van der Waals surface area contributed by atoms with Gasteiger partial charge in [-0.2, -0.15) is 0 Å². The zero-order valence-electron chi connectivity index (χ0n) is 11.0. The van der Waals surface area contributed by atoms with Crippen molar-refractivity contribution in [2.45, 2.75) is 13.5 Å². The fourth-order valence-electron chi connectivity index (χ4n) is 1.81. The average molecular weight is 242 g/mol.